The molecule has 13 nitrogen and oxygen atoms in total. The van der Waals surface area contributed by atoms with E-state index in [4.69, 9.17) is 37.9 Å². The second-order valence-corrected chi connectivity index (χ2v) is 9.43. The van der Waals surface area contributed by atoms with Crippen molar-refractivity contribution in [1.29, 1.82) is 0 Å². The molecule has 0 unspecified atom stereocenters. The van der Waals surface area contributed by atoms with E-state index in [1.807, 2.05) is 30.3 Å². The first-order valence-electron chi connectivity index (χ1n) is 12.9. The molecular formula is C27H36O13. The lowest BCUT2D eigenvalue weighted by molar-refractivity contribution is -0.329. The van der Waals surface area contributed by atoms with Gasteiger partial charge in [0.2, 0.25) is 0 Å². The van der Waals surface area contributed by atoms with Crippen LogP contribution in [0.1, 0.15) is 39.7 Å². The highest BCUT2D eigenvalue weighted by Gasteiger charge is 2.54. The Hall–Kier alpha value is -3.10. The summed E-state index contributed by atoms with van der Waals surface area (Å²) in [6.45, 7) is 4.82. The first-order valence-corrected chi connectivity index (χ1v) is 12.9. The average molecular weight is 569 g/mol. The van der Waals surface area contributed by atoms with Crippen molar-refractivity contribution in [1.82, 2.24) is 0 Å². The van der Waals surface area contributed by atoms with Gasteiger partial charge in [-0.05, 0) is 12.0 Å². The molecule has 2 aliphatic rings. The number of aliphatic hydroxyl groups is 1. The lowest BCUT2D eigenvalue weighted by Gasteiger charge is -2.46. The molecule has 1 aromatic carbocycles. The molecule has 1 aromatic rings. The third kappa shape index (κ3) is 9.24. The van der Waals surface area contributed by atoms with Crippen LogP contribution in [-0.4, -0.2) is 97.8 Å². The van der Waals surface area contributed by atoms with Crippen LogP contribution < -0.4 is 0 Å². The van der Waals surface area contributed by atoms with Gasteiger partial charge in [-0.25, -0.2) is 0 Å². The molecule has 2 heterocycles. The van der Waals surface area contributed by atoms with E-state index in [0.717, 1.165) is 26.3 Å². The lowest BCUT2D eigenvalue weighted by Crippen LogP contribution is -2.64. The van der Waals surface area contributed by atoms with Crippen LogP contribution in [0.2, 0.25) is 0 Å². The summed E-state index contributed by atoms with van der Waals surface area (Å²) in [7, 11) is 0. The summed E-state index contributed by atoms with van der Waals surface area (Å²) < 4.78 is 44.8. The lowest BCUT2D eigenvalue weighted by atomic mass is 9.97. The van der Waals surface area contributed by atoms with Crippen LogP contribution in [0.3, 0.4) is 0 Å². The van der Waals surface area contributed by atoms with Crippen LogP contribution in [-0.2, 0) is 63.7 Å². The Bertz CT molecular complexity index is 999. The van der Waals surface area contributed by atoms with Crippen molar-refractivity contribution < 1.29 is 62.2 Å². The minimum absolute atomic E-state index is 0.0779. The highest BCUT2D eigenvalue weighted by atomic mass is 16.7. The summed E-state index contributed by atoms with van der Waals surface area (Å²) in [6, 6.07) is 9.50. The molecule has 3 rings (SSSR count). The van der Waals surface area contributed by atoms with Gasteiger partial charge in [-0.2, -0.15) is 0 Å². The van der Waals surface area contributed by atoms with Gasteiger partial charge >= 0.3 is 23.9 Å². The van der Waals surface area contributed by atoms with Gasteiger partial charge in [0, 0.05) is 34.3 Å². The summed E-state index contributed by atoms with van der Waals surface area (Å²) in [6.07, 6.45) is -9.11. The summed E-state index contributed by atoms with van der Waals surface area (Å²) in [4.78, 5) is 47.4. The summed E-state index contributed by atoms with van der Waals surface area (Å²) in [5, 5.41) is 11.0. The number of ether oxygens (including phenoxy) is 8. The highest BCUT2D eigenvalue weighted by Crippen LogP contribution is 2.32. The largest absolute Gasteiger partial charge is 0.463 e. The average Bonchev–Trinajstić information content (AvgIpc) is 2.88. The number of hydrogen-bond donors (Lipinski definition) is 1. The zero-order chi connectivity index (χ0) is 29.2. The molecule has 13 heteroatoms. The van der Waals surface area contributed by atoms with E-state index < -0.39 is 72.9 Å². The number of benzene rings is 1. The Balaban J connectivity index is 1.79. The van der Waals surface area contributed by atoms with Gasteiger partial charge in [-0.3, -0.25) is 19.2 Å². The number of hydrogen-bond acceptors (Lipinski definition) is 13. The molecule has 0 radical (unpaired) electrons. The second kappa shape index (κ2) is 15.1. The molecule has 2 saturated heterocycles. The molecule has 2 fully saturated rings. The van der Waals surface area contributed by atoms with E-state index in [1.165, 1.54) is 6.92 Å². The van der Waals surface area contributed by atoms with Crippen molar-refractivity contribution in [3.05, 3.63) is 35.9 Å². The van der Waals surface area contributed by atoms with Gasteiger partial charge in [0.25, 0.3) is 0 Å². The van der Waals surface area contributed by atoms with Crippen LogP contribution in [0, 0.1) is 0 Å². The van der Waals surface area contributed by atoms with Gasteiger partial charge in [0.1, 0.15) is 24.9 Å². The summed E-state index contributed by atoms with van der Waals surface area (Å²) >= 11 is 0. The predicted octanol–water partition coefficient (Wildman–Crippen LogP) is 0.821. The third-order valence-corrected chi connectivity index (χ3v) is 6.15. The van der Waals surface area contributed by atoms with Gasteiger partial charge in [-0.1, -0.05) is 30.3 Å². The molecule has 0 aromatic heterocycles. The Kier molecular flexibility index (Phi) is 11.8. The molecule has 40 heavy (non-hydrogen) atoms. The molecule has 0 spiro atoms. The smallest absolute Gasteiger partial charge is 0.303 e. The third-order valence-electron chi connectivity index (χ3n) is 6.15. The monoisotopic (exact) mass is 568 g/mol. The van der Waals surface area contributed by atoms with E-state index >= 15 is 0 Å². The number of carbonyl (C=O) groups excluding carboxylic acids is 4. The van der Waals surface area contributed by atoms with Crippen molar-refractivity contribution >= 4 is 23.9 Å². The van der Waals surface area contributed by atoms with E-state index in [0.29, 0.717) is 6.61 Å². The fraction of sp³-hybridized carbons (Fsp3) is 0.630. The molecule has 1 N–H and O–H groups in total. The SMILES string of the molecule is CC(=O)OC[C@H]1O[C@@H](O[C@@H]2CCO[C@H](COCc3ccccc3)[C@H]2O)[C@H](OC(C)=O)[C@@H](OC(C)=O)[C@H]1OC(C)=O. The van der Waals surface area contributed by atoms with Gasteiger partial charge in [-0.15, -0.1) is 0 Å². The molecule has 0 saturated carbocycles. The standard InChI is InChI=1S/C27H36O13/c1-15(28)35-14-22-24(36-16(2)29)25(37-17(3)30)26(38-18(4)31)27(40-22)39-20-10-11-34-21(23(20)32)13-33-12-19-8-6-5-7-9-19/h5-9,20-27,32H,10-14H2,1-4H3/t20-,21-,22-,23+,24+,25+,26-,27-/m1/s1. The zero-order valence-electron chi connectivity index (χ0n) is 22.9. The summed E-state index contributed by atoms with van der Waals surface area (Å²) in [5.41, 5.74) is 0.957. The van der Waals surface area contributed by atoms with Crippen LogP contribution in [0.4, 0.5) is 0 Å². The van der Waals surface area contributed by atoms with Crippen molar-refractivity contribution in [2.75, 3.05) is 19.8 Å². The van der Waals surface area contributed by atoms with Crippen LogP contribution in [0.25, 0.3) is 0 Å². The zero-order valence-corrected chi connectivity index (χ0v) is 22.9. The molecule has 2 aliphatic heterocycles. The van der Waals surface area contributed by atoms with Crippen molar-refractivity contribution in [3.63, 3.8) is 0 Å². The van der Waals surface area contributed by atoms with Crippen LogP contribution >= 0.6 is 0 Å². The van der Waals surface area contributed by atoms with E-state index in [1.54, 1.807) is 0 Å². The van der Waals surface area contributed by atoms with Gasteiger partial charge < -0.3 is 43.0 Å². The molecular weight excluding hydrogens is 532 g/mol. The minimum atomic E-state index is -1.40. The quantitative estimate of drug-likeness (QED) is 0.295. The summed E-state index contributed by atoms with van der Waals surface area (Å²) in [5.74, 6) is -2.88. The fourth-order valence-electron chi connectivity index (χ4n) is 4.48. The number of carbonyl (C=O) groups is 4. The Morgan fingerprint density at radius 2 is 1.45 bits per heavy atom. The first-order chi connectivity index (χ1) is 19.0. The van der Waals surface area contributed by atoms with E-state index in [9.17, 15) is 24.3 Å². The fourth-order valence-corrected chi connectivity index (χ4v) is 4.48. The van der Waals surface area contributed by atoms with Crippen molar-refractivity contribution in [3.8, 4) is 0 Å². The number of rotatable bonds is 11. The topological polar surface area (TPSA) is 162 Å². The Labute approximate surface area is 231 Å². The molecule has 8 atom stereocenters. The minimum Gasteiger partial charge on any atom is -0.463 e. The Morgan fingerprint density at radius 3 is 2.08 bits per heavy atom. The van der Waals surface area contributed by atoms with Crippen molar-refractivity contribution in [2.24, 2.45) is 0 Å². The Morgan fingerprint density at radius 1 is 0.825 bits per heavy atom. The molecule has 222 valence electrons. The molecule has 0 amide bonds. The molecule has 0 aliphatic carbocycles. The van der Waals surface area contributed by atoms with Crippen LogP contribution in [0.15, 0.2) is 30.3 Å². The maximum atomic E-state index is 12.0. The highest BCUT2D eigenvalue weighted by molar-refractivity contribution is 5.68. The number of esters is 4. The molecule has 0 bridgehead atoms. The predicted molar refractivity (Wildman–Crippen MR) is 133 cm³/mol. The normalized spacial score (nSPS) is 30.1. The maximum absolute atomic E-state index is 12.0. The van der Waals surface area contributed by atoms with Gasteiger partial charge in [0.15, 0.2) is 24.6 Å². The van der Waals surface area contributed by atoms with Crippen LogP contribution in [0.5, 0.6) is 0 Å². The van der Waals surface area contributed by atoms with Crippen molar-refractivity contribution in [2.45, 2.75) is 89.7 Å². The first kappa shape index (κ1) is 31.4. The van der Waals surface area contributed by atoms with E-state index in [-0.39, 0.29) is 26.2 Å². The van der Waals surface area contributed by atoms with Gasteiger partial charge in [0.05, 0.1) is 19.3 Å². The second-order valence-electron chi connectivity index (χ2n) is 9.43. The number of aliphatic hydroxyl groups excluding tert-OH is 1. The van der Waals surface area contributed by atoms with E-state index in [2.05, 4.69) is 0 Å². The maximum Gasteiger partial charge on any atom is 0.303 e.